The quantitative estimate of drug-likeness (QED) is 0.687. The third-order valence-corrected chi connectivity index (χ3v) is 2.81. The molecular weight excluding hydrogens is 212 g/mol. The van der Waals surface area contributed by atoms with Gasteiger partial charge in [-0.3, -0.25) is 4.79 Å². The number of unbranched alkanes of at least 4 members (excludes halogenated alkanes) is 1. The summed E-state index contributed by atoms with van der Waals surface area (Å²) in [6, 6.07) is 10.0. The molecule has 1 rings (SSSR count). The molecule has 0 saturated carbocycles. The van der Waals surface area contributed by atoms with Crippen LogP contribution in [0.5, 0.6) is 0 Å². The first-order valence-electron chi connectivity index (χ1n) is 6.38. The lowest BCUT2D eigenvalue weighted by Crippen LogP contribution is -2.16. The second kappa shape index (κ2) is 8.02. The molecule has 0 aliphatic carbocycles. The van der Waals surface area contributed by atoms with Crippen molar-refractivity contribution in [1.29, 1.82) is 0 Å². The van der Waals surface area contributed by atoms with Crippen LogP contribution in [0.4, 0.5) is 0 Å². The molecule has 1 aromatic rings. The molecule has 0 aliphatic heterocycles. The van der Waals surface area contributed by atoms with Gasteiger partial charge in [0.25, 0.3) is 0 Å². The minimum absolute atomic E-state index is 0.0188. The highest BCUT2D eigenvalue weighted by Gasteiger charge is 2.12. The van der Waals surface area contributed by atoms with Crippen molar-refractivity contribution in [3.8, 4) is 0 Å². The van der Waals surface area contributed by atoms with Gasteiger partial charge >= 0.3 is 0 Å². The third kappa shape index (κ3) is 5.64. The number of benzene rings is 1. The molecule has 0 saturated heterocycles. The van der Waals surface area contributed by atoms with Gasteiger partial charge in [0.15, 0.2) is 0 Å². The van der Waals surface area contributed by atoms with Crippen molar-refractivity contribution in [2.75, 3.05) is 6.61 Å². The topological polar surface area (TPSA) is 26.3 Å². The highest BCUT2D eigenvalue weighted by molar-refractivity contribution is 5.80. The van der Waals surface area contributed by atoms with Crippen LogP contribution in [0.2, 0.25) is 0 Å². The smallest absolute Gasteiger partial charge is 0.137 e. The van der Waals surface area contributed by atoms with E-state index in [4.69, 9.17) is 4.74 Å². The number of carbonyl (C=O) groups excluding carboxylic acids is 1. The Morgan fingerprint density at radius 3 is 2.65 bits per heavy atom. The molecule has 2 nitrogen and oxygen atoms in total. The lowest BCUT2D eigenvalue weighted by atomic mass is 10.0. The Morgan fingerprint density at radius 2 is 2.00 bits per heavy atom. The van der Waals surface area contributed by atoms with E-state index in [1.165, 1.54) is 0 Å². The van der Waals surface area contributed by atoms with Crippen molar-refractivity contribution >= 4 is 5.78 Å². The fourth-order valence-corrected chi connectivity index (χ4v) is 1.62. The molecule has 0 bridgehead atoms. The molecule has 1 atom stereocenters. The molecule has 1 aromatic carbocycles. The first-order chi connectivity index (χ1) is 8.24. The van der Waals surface area contributed by atoms with Crippen LogP contribution >= 0.6 is 0 Å². The molecule has 2 heteroatoms. The first kappa shape index (κ1) is 13.9. The highest BCUT2D eigenvalue weighted by Crippen LogP contribution is 2.07. The summed E-state index contributed by atoms with van der Waals surface area (Å²) in [5.41, 5.74) is 1.15. The van der Waals surface area contributed by atoms with Crippen molar-refractivity contribution < 1.29 is 9.53 Å². The fraction of sp³-hybridized carbons (Fsp3) is 0.533. The van der Waals surface area contributed by atoms with E-state index in [0.29, 0.717) is 25.4 Å². The molecule has 1 unspecified atom stereocenters. The van der Waals surface area contributed by atoms with E-state index in [0.717, 1.165) is 18.4 Å². The standard InChI is InChI=1S/C15H22O2/c1-3-4-10-15(16)13(2)11-17-12-14-8-6-5-7-9-14/h5-9,13H,3-4,10-12H2,1-2H3. The Kier molecular flexibility index (Phi) is 6.56. The summed E-state index contributed by atoms with van der Waals surface area (Å²) in [6.45, 7) is 5.16. The normalized spacial score (nSPS) is 12.4. The largest absolute Gasteiger partial charge is 0.376 e. The van der Waals surface area contributed by atoms with E-state index in [1.807, 2.05) is 37.3 Å². The van der Waals surface area contributed by atoms with Crippen LogP contribution in [0.25, 0.3) is 0 Å². The Hall–Kier alpha value is -1.15. The van der Waals surface area contributed by atoms with Crippen LogP contribution in [-0.2, 0) is 16.1 Å². The predicted molar refractivity (Wildman–Crippen MR) is 69.8 cm³/mol. The Labute approximate surface area is 104 Å². The van der Waals surface area contributed by atoms with Crippen molar-refractivity contribution in [2.24, 2.45) is 5.92 Å². The number of ketones is 1. The Balaban J connectivity index is 2.20. The minimum atomic E-state index is 0.0188. The molecule has 0 fully saturated rings. The van der Waals surface area contributed by atoms with Gasteiger partial charge in [-0.15, -0.1) is 0 Å². The summed E-state index contributed by atoms with van der Waals surface area (Å²) in [7, 11) is 0. The van der Waals surface area contributed by atoms with Gasteiger partial charge in [-0.2, -0.15) is 0 Å². The maximum atomic E-state index is 11.7. The second-order valence-corrected chi connectivity index (χ2v) is 4.47. The number of rotatable bonds is 8. The molecule has 17 heavy (non-hydrogen) atoms. The minimum Gasteiger partial charge on any atom is -0.376 e. The molecule has 0 heterocycles. The van der Waals surface area contributed by atoms with Crippen molar-refractivity contribution in [3.05, 3.63) is 35.9 Å². The second-order valence-electron chi connectivity index (χ2n) is 4.47. The monoisotopic (exact) mass is 234 g/mol. The predicted octanol–water partition coefficient (Wildman–Crippen LogP) is 3.60. The molecule has 0 spiro atoms. The van der Waals surface area contributed by atoms with E-state index in [9.17, 15) is 4.79 Å². The molecule has 0 aliphatic rings. The van der Waals surface area contributed by atoms with E-state index in [1.54, 1.807) is 0 Å². The van der Waals surface area contributed by atoms with E-state index >= 15 is 0 Å². The first-order valence-corrected chi connectivity index (χ1v) is 6.38. The number of ether oxygens (including phenoxy) is 1. The van der Waals surface area contributed by atoms with Gasteiger partial charge in [0, 0.05) is 12.3 Å². The number of carbonyl (C=O) groups is 1. The summed E-state index contributed by atoms with van der Waals surface area (Å²) in [4.78, 5) is 11.7. The molecule has 0 N–H and O–H groups in total. The van der Waals surface area contributed by atoms with Crippen LogP contribution in [-0.4, -0.2) is 12.4 Å². The summed E-state index contributed by atoms with van der Waals surface area (Å²) in [6.07, 6.45) is 2.75. The lowest BCUT2D eigenvalue weighted by Gasteiger charge is -2.10. The Bertz CT molecular complexity index is 319. The maximum Gasteiger partial charge on any atom is 0.137 e. The SMILES string of the molecule is CCCCC(=O)C(C)COCc1ccccc1. The summed E-state index contributed by atoms with van der Waals surface area (Å²) in [5.74, 6) is 0.338. The molecule has 0 aromatic heterocycles. The number of hydrogen-bond donors (Lipinski definition) is 0. The van der Waals surface area contributed by atoms with Gasteiger partial charge in [0.05, 0.1) is 13.2 Å². The van der Waals surface area contributed by atoms with Crippen molar-refractivity contribution in [1.82, 2.24) is 0 Å². The summed E-state index contributed by atoms with van der Waals surface area (Å²) >= 11 is 0. The number of Topliss-reactive ketones (excluding diaryl/α,β-unsaturated/α-hetero) is 1. The summed E-state index contributed by atoms with van der Waals surface area (Å²) < 4.78 is 5.56. The average Bonchev–Trinajstić information content (AvgIpc) is 2.37. The van der Waals surface area contributed by atoms with E-state index in [2.05, 4.69) is 6.92 Å². The molecule has 94 valence electrons. The van der Waals surface area contributed by atoms with Crippen LogP contribution < -0.4 is 0 Å². The van der Waals surface area contributed by atoms with Gasteiger partial charge in [-0.1, -0.05) is 50.6 Å². The highest BCUT2D eigenvalue weighted by atomic mass is 16.5. The van der Waals surface area contributed by atoms with Crippen LogP contribution in [0.1, 0.15) is 38.7 Å². The fourth-order valence-electron chi connectivity index (χ4n) is 1.62. The molecular formula is C15H22O2. The van der Waals surface area contributed by atoms with Crippen molar-refractivity contribution in [3.63, 3.8) is 0 Å². The van der Waals surface area contributed by atoms with Gasteiger partial charge in [-0.25, -0.2) is 0 Å². The van der Waals surface area contributed by atoms with E-state index < -0.39 is 0 Å². The average molecular weight is 234 g/mol. The molecule has 0 amide bonds. The maximum absolute atomic E-state index is 11.7. The van der Waals surface area contributed by atoms with Gasteiger partial charge in [-0.05, 0) is 12.0 Å². The zero-order valence-electron chi connectivity index (χ0n) is 10.8. The molecule has 0 radical (unpaired) electrons. The number of hydrogen-bond acceptors (Lipinski definition) is 2. The van der Waals surface area contributed by atoms with Crippen LogP contribution in [0.15, 0.2) is 30.3 Å². The van der Waals surface area contributed by atoms with Crippen LogP contribution in [0, 0.1) is 5.92 Å². The summed E-state index contributed by atoms with van der Waals surface area (Å²) in [5, 5.41) is 0. The van der Waals surface area contributed by atoms with Crippen LogP contribution in [0.3, 0.4) is 0 Å². The van der Waals surface area contributed by atoms with Gasteiger partial charge < -0.3 is 4.74 Å². The zero-order valence-corrected chi connectivity index (χ0v) is 10.8. The van der Waals surface area contributed by atoms with Crippen molar-refractivity contribution in [2.45, 2.75) is 39.7 Å². The lowest BCUT2D eigenvalue weighted by molar-refractivity contribution is -0.124. The Morgan fingerprint density at radius 1 is 1.29 bits per heavy atom. The third-order valence-electron chi connectivity index (χ3n) is 2.81. The van der Waals surface area contributed by atoms with Gasteiger partial charge in [0.2, 0.25) is 0 Å². The van der Waals surface area contributed by atoms with Gasteiger partial charge in [0.1, 0.15) is 5.78 Å². The van der Waals surface area contributed by atoms with E-state index in [-0.39, 0.29) is 5.92 Å². The zero-order chi connectivity index (χ0) is 12.5.